The van der Waals surface area contributed by atoms with E-state index in [-0.39, 0.29) is 30.6 Å². The molecule has 0 aliphatic heterocycles. The summed E-state index contributed by atoms with van der Waals surface area (Å²) in [5, 5.41) is 11.3. The first kappa shape index (κ1) is 10.3. The summed E-state index contributed by atoms with van der Waals surface area (Å²) in [6, 6.07) is 0. The number of nitrogens with two attached hydrogens (primary N) is 2. The largest absolute Gasteiger partial charge is 0.395 e. The van der Waals surface area contributed by atoms with Crippen molar-refractivity contribution in [3.05, 3.63) is 10.4 Å². The van der Waals surface area contributed by atoms with Gasteiger partial charge in [-0.1, -0.05) is 0 Å². The lowest BCUT2D eigenvalue weighted by Crippen LogP contribution is -2.26. The summed E-state index contributed by atoms with van der Waals surface area (Å²) in [6.07, 6.45) is 0. The highest BCUT2D eigenvalue weighted by molar-refractivity contribution is 5.61. The highest BCUT2D eigenvalue weighted by Gasteiger charge is 2.08. The molecule has 7 nitrogen and oxygen atoms in total. The molecular weight excluding hydrogens is 186 g/mol. The number of nitrogens with zero attached hydrogens (tertiary/aromatic N) is 2. The lowest BCUT2D eigenvalue weighted by Gasteiger charge is -2.09. The minimum Gasteiger partial charge on any atom is -0.395 e. The zero-order valence-electron chi connectivity index (χ0n) is 7.82. The van der Waals surface area contributed by atoms with E-state index in [1.165, 1.54) is 7.05 Å². The van der Waals surface area contributed by atoms with Crippen molar-refractivity contribution in [2.24, 2.45) is 7.05 Å². The summed E-state index contributed by atoms with van der Waals surface area (Å²) in [4.78, 5) is 15.3. The molecule has 0 saturated carbocycles. The summed E-state index contributed by atoms with van der Waals surface area (Å²) in [5.74, 6) is 0.282. The average molecular weight is 199 g/mol. The number of rotatable bonds is 3. The van der Waals surface area contributed by atoms with E-state index in [9.17, 15) is 4.79 Å². The minimum atomic E-state index is -0.405. The number of aliphatic hydroxyl groups excluding tert-OH is 1. The molecule has 1 aromatic heterocycles. The van der Waals surface area contributed by atoms with Crippen LogP contribution in [-0.4, -0.2) is 27.8 Å². The third-order valence-corrected chi connectivity index (χ3v) is 1.76. The second kappa shape index (κ2) is 3.97. The maximum atomic E-state index is 11.4. The van der Waals surface area contributed by atoms with Crippen LogP contribution in [0.3, 0.4) is 0 Å². The summed E-state index contributed by atoms with van der Waals surface area (Å²) in [7, 11) is 1.48. The molecule has 6 N–H and O–H groups in total. The number of nitrogens with one attached hydrogen (secondary N) is 1. The Morgan fingerprint density at radius 1 is 1.57 bits per heavy atom. The Bertz CT molecular complexity index is 386. The fraction of sp³-hybridized carbons (Fsp3) is 0.429. The number of hydrogen-bond donors (Lipinski definition) is 4. The summed E-state index contributed by atoms with van der Waals surface area (Å²) < 4.78 is 1.15. The van der Waals surface area contributed by atoms with Gasteiger partial charge in [0.25, 0.3) is 5.56 Å². The molecule has 1 aromatic rings. The van der Waals surface area contributed by atoms with Gasteiger partial charge < -0.3 is 21.9 Å². The minimum absolute atomic E-state index is 0.00449. The molecule has 0 atom stereocenters. The van der Waals surface area contributed by atoms with Gasteiger partial charge in [0, 0.05) is 13.6 Å². The number of aliphatic hydroxyl groups is 1. The molecule has 14 heavy (non-hydrogen) atoms. The van der Waals surface area contributed by atoms with Crippen molar-refractivity contribution in [3.63, 3.8) is 0 Å². The number of anilines is 3. The van der Waals surface area contributed by atoms with Gasteiger partial charge in [-0.3, -0.25) is 9.36 Å². The first-order chi connectivity index (χ1) is 6.57. The Labute approximate surface area is 80.4 Å². The monoisotopic (exact) mass is 199 g/mol. The van der Waals surface area contributed by atoms with E-state index < -0.39 is 5.56 Å². The van der Waals surface area contributed by atoms with Gasteiger partial charge >= 0.3 is 0 Å². The molecule has 0 radical (unpaired) electrons. The van der Waals surface area contributed by atoms with Gasteiger partial charge in [0.05, 0.1) is 6.61 Å². The summed E-state index contributed by atoms with van der Waals surface area (Å²) in [6.45, 7) is 0.194. The van der Waals surface area contributed by atoms with Crippen LogP contribution in [0.1, 0.15) is 0 Å². The molecule has 0 unspecified atom stereocenters. The highest BCUT2D eigenvalue weighted by Crippen LogP contribution is 2.10. The van der Waals surface area contributed by atoms with Crippen molar-refractivity contribution in [2.75, 3.05) is 29.9 Å². The van der Waals surface area contributed by atoms with Crippen molar-refractivity contribution in [1.82, 2.24) is 9.55 Å². The lowest BCUT2D eigenvalue weighted by molar-refractivity contribution is 0.311. The fourth-order valence-corrected chi connectivity index (χ4v) is 0.945. The second-order valence-corrected chi connectivity index (χ2v) is 2.75. The maximum Gasteiger partial charge on any atom is 0.280 e. The molecule has 0 fully saturated rings. The molecule has 0 saturated heterocycles. The summed E-state index contributed by atoms with van der Waals surface area (Å²) in [5.41, 5.74) is 10.5. The predicted octanol–water partition coefficient (Wildman–Crippen LogP) is -1.65. The molecule has 0 spiro atoms. The van der Waals surface area contributed by atoms with E-state index in [0.717, 1.165) is 4.57 Å². The third-order valence-electron chi connectivity index (χ3n) is 1.76. The average Bonchev–Trinajstić information content (AvgIpc) is 2.18. The van der Waals surface area contributed by atoms with E-state index in [1.807, 2.05) is 0 Å². The molecule has 78 valence electrons. The van der Waals surface area contributed by atoms with Gasteiger partial charge in [0.15, 0.2) is 5.82 Å². The zero-order valence-corrected chi connectivity index (χ0v) is 7.82. The molecule has 7 heteroatoms. The quantitative estimate of drug-likeness (QED) is 0.463. The van der Waals surface area contributed by atoms with Crippen molar-refractivity contribution >= 4 is 17.5 Å². The van der Waals surface area contributed by atoms with Crippen LogP contribution in [0.25, 0.3) is 0 Å². The van der Waals surface area contributed by atoms with Gasteiger partial charge in [-0.25, -0.2) is 0 Å². The van der Waals surface area contributed by atoms with Gasteiger partial charge in [0.2, 0.25) is 5.95 Å². The first-order valence-electron chi connectivity index (χ1n) is 4.04. The maximum absolute atomic E-state index is 11.4. The van der Waals surface area contributed by atoms with Crippen LogP contribution in [0.4, 0.5) is 17.5 Å². The van der Waals surface area contributed by atoms with Crippen LogP contribution < -0.4 is 22.3 Å². The van der Waals surface area contributed by atoms with Crippen molar-refractivity contribution in [2.45, 2.75) is 0 Å². The van der Waals surface area contributed by atoms with Crippen LogP contribution >= 0.6 is 0 Å². The lowest BCUT2D eigenvalue weighted by atomic mass is 10.4. The van der Waals surface area contributed by atoms with Gasteiger partial charge in [0.1, 0.15) is 5.69 Å². The molecule has 0 bridgehead atoms. The molecule has 0 aliphatic rings. The van der Waals surface area contributed by atoms with E-state index >= 15 is 0 Å². The van der Waals surface area contributed by atoms with Crippen molar-refractivity contribution in [3.8, 4) is 0 Å². The Morgan fingerprint density at radius 3 is 2.79 bits per heavy atom. The van der Waals surface area contributed by atoms with E-state index in [4.69, 9.17) is 16.6 Å². The smallest absolute Gasteiger partial charge is 0.280 e. The zero-order chi connectivity index (χ0) is 10.7. The van der Waals surface area contributed by atoms with E-state index in [1.54, 1.807) is 0 Å². The molecule has 0 aliphatic carbocycles. The third kappa shape index (κ3) is 1.77. The molecular formula is C7H13N5O2. The van der Waals surface area contributed by atoms with Gasteiger partial charge in [-0.2, -0.15) is 4.98 Å². The molecule has 0 amide bonds. The van der Waals surface area contributed by atoms with Gasteiger partial charge in [-0.05, 0) is 0 Å². The van der Waals surface area contributed by atoms with Crippen LogP contribution in [0, 0.1) is 0 Å². The van der Waals surface area contributed by atoms with Crippen molar-refractivity contribution in [1.29, 1.82) is 0 Å². The van der Waals surface area contributed by atoms with Crippen LogP contribution in [-0.2, 0) is 7.05 Å². The predicted molar refractivity (Wildman–Crippen MR) is 53.9 cm³/mol. The number of aromatic nitrogens is 2. The SMILES string of the molecule is Cn1c(N)nc(NCCO)c(N)c1=O. The molecule has 1 heterocycles. The second-order valence-electron chi connectivity index (χ2n) is 2.75. The topological polar surface area (TPSA) is 119 Å². The van der Waals surface area contributed by atoms with Crippen LogP contribution in [0.5, 0.6) is 0 Å². The standard InChI is InChI=1S/C7H13N5O2/c1-12-6(14)4(8)5(10-2-3-13)11-7(12)9/h10,13H,2-3,8H2,1H3,(H2,9,11). The van der Waals surface area contributed by atoms with E-state index in [2.05, 4.69) is 10.3 Å². The summed E-state index contributed by atoms with van der Waals surface area (Å²) >= 11 is 0. The van der Waals surface area contributed by atoms with Gasteiger partial charge in [-0.15, -0.1) is 0 Å². The van der Waals surface area contributed by atoms with Crippen LogP contribution in [0.2, 0.25) is 0 Å². The highest BCUT2D eigenvalue weighted by atomic mass is 16.3. The number of hydrogen-bond acceptors (Lipinski definition) is 6. The first-order valence-corrected chi connectivity index (χ1v) is 4.04. The Morgan fingerprint density at radius 2 is 2.21 bits per heavy atom. The number of nitrogen functional groups attached to an aromatic ring is 2. The Hall–Kier alpha value is -1.76. The Kier molecular flexibility index (Phi) is 2.92. The fourth-order valence-electron chi connectivity index (χ4n) is 0.945. The molecule has 0 aromatic carbocycles. The Balaban J connectivity index is 3.13. The molecule has 1 rings (SSSR count). The van der Waals surface area contributed by atoms with Crippen molar-refractivity contribution < 1.29 is 5.11 Å². The normalized spacial score (nSPS) is 10.1. The van der Waals surface area contributed by atoms with E-state index in [0.29, 0.717) is 0 Å². The van der Waals surface area contributed by atoms with Crippen LogP contribution in [0.15, 0.2) is 4.79 Å².